The zero-order valence-corrected chi connectivity index (χ0v) is 18.3. The van der Waals surface area contributed by atoms with Crippen LogP contribution in [0, 0.1) is 16.0 Å². The van der Waals surface area contributed by atoms with Crippen LogP contribution in [0.4, 0.5) is 5.69 Å². The smallest absolute Gasteiger partial charge is 0.332 e. The molecule has 0 amide bonds. The van der Waals surface area contributed by atoms with Crippen LogP contribution >= 0.6 is 0 Å². The zero-order chi connectivity index (χ0) is 22.8. The molecular weight excluding hydrogens is 410 g/mol. The van der Waals surface area contributed by atoms with Crippen molar-refractivity contribution < 1.29 is 19.2 Å². The maximum atomic E-state index is 12.1. The summed E-state index contributed by atoms with van der Waals surface area (Å²) in [5, 5.41) is 18.4. The van der Waals surface area contributed by atoms with Gasteiger partial charge in [-0.05, 0) is 50.5 Å². The molecule has 1 aliphatic carbocycles. The van der Waals surface area contributed by atoms with Gasteiger partial charge in [-0.1, -0.05) is 18.2 Å². The van der Waals surface area contributed by atoms with Crippen LogP contribution in [0.5, 0.6) is 5.75 Å². The van der Waals surface area contributed by atoms with Crippen LogP contribution in [-0.2, 0) is 16.0 Å². The lowest BCUT2D eigenvalue weighted by Gasteiger charge is -2.30. The average Bonchev–Trinajstić information content (AvgIpc) is 3.19. The first-order chi connectivity index (χ1) is 15.4. The predicted octanol–water partition coefficient (Wildman–Crippen LogP) is 4.39. The van der Waals surface area contributed by atoms with Crippen molar-refractivity contribution in [1.82, 2.24) is 5.01 Å². The number of allylic oxidation sites excluding steroid dienone is 1. The molecule has 0 saturated carbocycles. The van der Waals surface area contributed by atoms with E-state index in [2.05, 4.69) is 0 Å². The Morgan fingerprint density at radius 2 is 2.09 bits per heavy atom. The highest BCUT2D eigenvalue weighted by Crippen LogP contribution is 2.47. The van der Waals surface area contributed by atoms with Gasteiger partial charge in [0, 0.05) is 29.3 Å². The molecule has 0 fully saturated rings. The lowest BCUT2D eigenvalue weighted by Crippen LogP contribution is -2.29. The molecule has 0 aromatic heterocycles. The molecule has 2 aliphatic rings. The second-order valence-corrected chi connectivity index (χ2v) is 7.80. The molecule has 0 unspecified atom stereocenters. The number of hydrazone groups is 1. The molecule has 8 nitrogen and oxygen atoms in total. The van der Waals surface area contributed by atoms with Crippen molar-refractivity contribution >= 4 is 17.4 Å². The van der Waals surface area contributed by atoms with E-state index in [-0.39, 0.29) is 23.1 Å². The molecule has 8 heteroatoms. The minimum Gasteiger partial charge on any atom is -0.497 e. The third-order valence-electron chi connectivity index (χ3n) is 5.96. The van der Waals surface area contributed by atoms with Gasteiger partial charge in [0.2, 0.25) is 0 Å². The number of benzene rings is 2. The zero-order valence-electron chi connectivity index (χ0n) is 18.3. The molecule has 2 aromatic carbocycles. The standard InChI is InChI=1S/C24H25N3O5/c1-4-32-22(28)13-15(2)26-24(18-7-5-6-8-21(18)27(29)30)19-12-10-16-9-11-17(31-3)14-20(16)23(19)25-26/h5-9,11,13-14,19,24H,4,10,12H2,1-3H3/b15-13+/t19-,24+/m0/s1. The molecule has 0 saturated heterocycles. The molecule has 2 aromatic rings. The number of ether oxygens (including phenoxy) is 2. The molecule has 166 valence electrons. The molecular formula is C24H25N3O5. The van der Waals surface area contributed by atoms with Crippen LogP contribution in [0.25, 0.3) is 0 Å². The number of carbonyl (C=O) groups is 1. The summed E-state index contributed by atoms with van der Waals surface area (Å²) in [7, 11) is 1.62. The number of hydrogen-bond acceptors (Lipinski definition) is 7. The maximum absolute atomic E-state index is 12.1. The van der Waals surface area contributed by atoms with Crippen molar-refractivity contribution in [3.05, 3.63) is 81.0 Å². The molecule has 4 rings (SSSR count). The highest BCUT2D eigenvalue weighted by atomic mass is 16.6. The normalized spacial score (nSPS) is 19.7. The Labute approximate surface area is 186 Å². The van der Waals surface area contributed by atoms with E-state index >= 15 is 0 Å². The number of aryl methyl sites for hydroxylation is 1. The molecule has 0 N–H and O–H groups in total. The molecule has 1 aliphatic heterocycles. The fraction of sp³-hybridized carbons (Fsp3) is 0.333. The lowest BCUT2D eigenvalue weighted by molar-refractivity contribution is -0.386. The Morgan fingerprint density at radius 1 is 1.31 bits per heavy atom. The first-order valence-electron chi connectivity index (χ1n) is 10.6. The monoisotopic (exact) mass is 435 g/mol. The van der Waals surface area contributed by atoms with Gasteiger partial charge < -0.3 is 9.47 Å². The summed E-state index contributed by atoms with van der Waals surface area (Å²) >= 11 is 0. The first-order valence-corrected chi connectivity index (χ1v) is 10.6. The molecule has 1 heterocycles. The van der Waals surface area contributed by atoms with E-state index in [1.165, 1.54) is 12.1 Å². The molecule has 0 radical (unpaired) electrons. The topological polar surface area (TPSA) is 94.3 Å². The van der Waals surface area contributed by atoms with Gasteiger partial charge in [-0.3, -0.25) is 15.1 Å². The lowest BCUT2D eigenvalue weighted by atomic mass is 9.77. The van der Waals surface area contributed by atoms with Crippen molar-refractivity contribution in [3.8, 4) is 5.75 Å². The largest absolute Gasteiger partial charge is 0.497 e. The number of hydrogen-bond donors (Lipinski definition) is 0. The van der Waals surface area contributed by atoms with Crippen LogP contribution in [-0.4, -0.2) is 35.3 Å². The van der Waals surface area contributed by atoms with Gasteiger partial charge in [-0.2, -0.15) is 5.10 Å². The Morgan fingerprint density at radius 3 is 2.81 bits per heavy atom. The number of nitro benzene ring substituents is 1. The highest BCUT2D eigenvalue weighted by molar-refractivity contribution is 6.06. The van der Waals surface area contributed by atoms with E-state index in [1.807, 2.05) is 18.2 Å². The quantitative estimate of drug-likeness (QED) is 0.289. The summed E-state index contributed by atoms with van der Waals surface area (Å²) in [6.07, 6.45) is 3.01. The number of carbonyl (C=O) groups excluding carboxylic acids is 1. The van der Waals surface area contributed by atoms with Crippen LogP contribution in [0.15, 0.2) is 59.3 Å². The number of fused-ring (bicyclic) bond motifs is 3. The van der Waals surface area contributed by atoms with Gasteiger partial charge in [-0.15, -0.1) is 0 Å². The van der Waals surface area contributed by atoms with Gasteiger partial charge in [0.1, 0.15) is 5.75 Å². The number of methoxy groups -OCH3 is 1. The van der Waals surface area contributed by atoms with Gasteiger partial charge in [0.25, 0.3) is 5.69 Å². The van der Waals surface area contributed by atoms with Gasteiger partial charge in [0.05, 0.1) is 36.0 Å². The van der Waals surface area contributed by atoms with E-state index in [1.54, 1.807) is 44.2 Å². The van der Waals surface area contributed by atoms with Crippen molar-refractivity contribution in [3.63, 3.8) is 0 Å². The minimum atomic E-state index is -0.469. The molecule has 2 atom stereocenters. The van der Waals surface area contributed by atoms with Crippen molar-refractivity contribution in [2.24, 2.45) is 11.0 Å². The summed E-state index contributed by atoms with van der Waals surface area (Å²) in [6, 6.07) is 12.3. The Bertz CT molecular complexity index is 1120. The van der Waals surface area contributed by atoms with Crippen LogP contribution in [0.2, 0.25) is 0 Å². The second kappa shape index (κ2) is 8.82. The van der Waals surface area contributed by atoms with E-state index < -0.39 is 12.0 Å². The Hall–Kier alpha value is -3.68. The van der Waals surface area contributed by atoms with Crippen LogP contribution in [0.1, 0.15) is 43.0 Å². The van der Waals surface area contributed by atoms with Crippen LogP contribution < -0.4 is 4.74 Å². The predicted molar refractivity (Wildman–Crippen MR) is 119 cm³/mol. The Balaban J connectivity index is 1.85. The number of nitrogens with zero attached hydrogens (tertiary/aromatic N) is 3. The SMILES string of the molecule is CCOC(=O)/C=C(\C)N1N=C2c3cc(OC)ccc3CC[C@@H]2[C@H]1c1ccccc1[N+](=O)[O-]. The number of rotatable bonds is 6. The minimum absolute atomic E-state index is 0.0410. The number of esters is 1. The molecule has 32 heavy (non-hydrogen) atoms. The summed E-state index contributed by atoms with van der Waals surface area (Å²) in [4.78, 5) is 23.6. The summed E-state index contributed by atoms with van der Waals surface area (Å²) in [5.41, 5.74) is 4.18. The maximum Gasteiger partial charge on any atom is 0.332 e. The van der Waals surface area contributed by atoms with E-state index in [0.29, 0.717) is 11.3 Å². The summed E-state index contributed by atoms with van der Waals surface area (Å²) < 4.78 is 10.5. The second-order valence-electron chi connectivity index (χ2n) is 7.80. The van der Waals surface area contributed by atoms with Crippen molar-refractivity contribution in [2.45, 2.75) is 32.7 Å². The van der Waals surface area contributed by atoms with Crippen molar-refractivity contribution in [2.75, 3.05) is 13.7 Å². The first kappa shape index (κ1) is 21.5. The summed E-state index contributed by atoms with van der Waals surface area (Å²) in [5.74, 6) is 0.191. The van der Waals surface area contributed by atoms with Crippen LogP contribution in [0.3, 0.4) is 0 Å². The number of para-hydroxylation sites is 1. The molecule has 0 spiro atoms. The summed E-state index contributed by atoms with van der Waals surface area (Å²) in [6.45, 7) is 3.78. The van der Waals surface area contributed by atoms with E-state index in [9.17, 15) is 14.9 Å². The molecule has 0 bridgehead atoms. The fourth-order valence-corrected chi connectivity index (χ4v) is 4.54. The third kappa shape index (κ3) is 3.84. The van der Waals surface area contributed by atoms with Crippen molar-refractivity contribution in [1.29, 1.82) is 0 Å². The highest BCUT2D eigenvalue weighted by Gasteiger charge is 2.44. The van der Waals surface area contributed by atoms with E-state index in [4.69, 9.17) is 14.6 Å². The number of nitro groups is 1. The van der Waals surface area contributed by atoms with Gasteiger partial charge in [-0.25, -0.2) is 4.79 Å². The fourth-order valence-electron chi connectivity index (χ4n) is 4.54. The third-order valence-corrected chi connectivity index (χ3v) is 5.96. The van der Waals surface area contributed by atoms with Gasteiger partial charge in [0.15, 0.2) is 0 Å². The van der Waals surface area contributed by atoms with Gasteiger partial charge >= 0.3 is 5.97 Å². The van der Waals surface area contributed by atoms with E-state index in [0.717, 1.165) is 35.4 Å². The average molecular weight is 435 g/mol. The Kier molecular flexibility index (Phi) is 5.94.